The number of hydrogen-bond acceptors (Lipinski definition) is 4. The zero-order chi connectivity index (χ0) is 25.5. The van der Waals surface area contributed by atoms with Gasteiger partial charge in [0.1, 0.15) is 0 Å². The molecule has 0 saturated heterocycles. The van der Waals surface area contributed by atoms with E-state index in [-0.39, 0.29) is 0 Å². The molecule has 0 amide bonds. The summed E-state index contributed by atoms with van der Waals surface area (Å²) in [4.78, 5) is 14.5. The highest BCUT2D eigenvalue weighted by Gasteiger charge is 2.16. The summed E-state index contributed by atoms with van der Waals surface area (Å²) in [6, 6.07) is 37.8. The lowest BCUT2D eigenvalue weighted by atomic mass is 10.00. The van der Waals surface area contributed by atoms with Crippen LogP contribution in [0.25, 0.3) is 65.2 Å². The fourth-order valence-corrected chi connectivity index (χ4v) is 6.50. The van der Waals surface area contributed by atoms with Gasteiger partial charge in [0, 0.05) is 59.3 Å². The van der Waals surface area contributed by atoms with Crippen molar-refractivity contribution in [3.05, 3.63) is 126 Å². The van der Waals surface area contributed by atoms with Crippen LogP contribution >= 0.6 is 27.3 Å². The average Bonchev–Trinajstić information content (AvgIpc) is 3.36. The van der Waals surface area contributed by atoms with E-state index in [9.17, 15) is 0 Å². The van der Waals surface area contributed by atoms with Crippen LogP contribution in [-0.4, -0.2) is 15.0 Å². The largest absolute Gasteiger partial charge is 0.264 e. The van der Waals surface area contributed by atoms with Crippen molar-refractivity contribution in [1.82, 2.24) is 15.0 Å². The number of benzene rings is 4. The van der Waals surface area contributed by atoms with Gasteiger partial charge in [-0.15, -0.1) is 11.3 Å². The predicted octanol–water partition coefficient (Wildman–Crippen LogP) is 9.67. The standard InChI is InChI=1S/C33H20BrN3S/c34-25-17-23(22-10-7-15-35-20-22)16-24(18-25)28-19-29(37-33(36-28)21-8-2-1-3-9-21)26-12-6-14-31-32(26)27-11-4-5-13-30(27)38-31/h1-20H. The Hall–Kier alpha value is -4.19. The topological polar surface area (TPSA) is 38.7 Å². The summed E-state index contributed by atoms with van der Waals surface area (Å²) in [5.74, 6) is 0.706. The summed E-state index contributed by atoms with van der Waals surface area (Å²) in [6.07, 6.45) is 3.68. The second-order valence-electron chi connectivity index (χ2n) is 9.08. The van der Waals surface area contributed by atoms with Crippen LogP contribution in [0, 0.1) is 0 Å². The summed E-state index contributed by atoms with van der Waals surface area (Å²) in [5, 5.41) is 2.49. The van der Waals surface area contributed by atoms with Gasteiger partial charge in [-0.25, -0.2) is 9.97 Å². The number of nitrogens with zero attached hydrogens (tertiary/aromatic N) is 3. The second-order valence-corrected chi connectivity index (χ2v) is 11.1. The van der Waals surface area contributed by atoms with E-state index in [1.54, 1.807) is 6.20 Å². The van der Waals surface area contributed by atoms with Gasteiger partial charge in [-0.2, -0.15) is 0 Å². The van der Waals surface area contributed by atoms with Crippen LogP contribution in [-0.2, 0) is 0 Å². The first-order valence-electron chi connectivity index (χ1n) is 12.3. The van der Waals surface area contributed by atoms with Crippen molar-refractivity contribution in [3.63, 3.8) is 0 Å². The van der Waals surface area contributed by atoms with Crippen LogP contribution in [0.1, 0.15) is 0 Å². The first-order chi connectivity index (χ1) is 18.7. The maximum atomic E-state index is 5.11. The number of aromatic nitrogens is 3. The van der Waals surface area contributed by atoms with Gasteiger partial charge in [-0.05, 0) is 48.0 Å². The van der Waals surface area contributed by atoms with Gasteiger partial charge in [0.25, 0.3) is 0 Å². The van der Waals surface area contributed by atoms with E-state index in [2.05, 4.69) is 106 Å². The molecule has 0 fully saturated rings. The third-order valence-corrected chi connectivity index (χ3v) is 8.22. The second kappa shape index (κ2) is 9.60. The summed E-state index contributed by atoms with van der Waals surface area (Å²) < 4.78 is 3.52. The van der Waals surface area contributed by atoms with Crippen molar-refractivity contribution in [3.8, 4) is 45.0 Å². The number of rotatable bonds is 4. The molecule has 3 heterocycles. The third-order valence-electron chi connectivity index (χ3n) is 6.63. The van der Waals surface area contributed by atoms with E-state index in [4.69, 9.17) is 9.97 Å². The van der Waals surface area contributed by atoms with Gasteiger partial charge in [-0.1, -0.05) is 82.7 Å². The lowest BCUT2D eigenvalue weighted by Crippen LogP contribution is -1.96. The SMILES string of the molecule is Brc1cc(-c2cccnc2)cc(-c2cc(-c3cccc4sc5ccccc5c34)nc(-c3ccccc3)n2)c1. The molecule has 0 aliphatic carbocycles. The summed E-state index contributed by atoms with van der Waals surface area (Å²) in [7, 11) is 0. The Morgan fingerprint density at radius 2 is 1.34 bits per heavy atom. The molecule has 0 saturated carbocycles. The van der Waals surface area contributed by atoms with Crippen molar-refractivity contribution in [2.45, 2.75) is 0 Å². The molecule has 0 unspecified atom stereocenters. The van der Waals surface area contributed by atoms with E-state index in [0.717, 1.165) is 43.7 Å². The zero-order valence-electron chi connectivity index (χ0n) is 20.2. The van der Waals surface area contributed by atoms with Crippen LogP contribution < -0.4 is 0 Å². The van der Waals surface area contributed by atoms with Crippen molar-refractivity contribution in [2.75, 3.05) is 0 Å². The van der Waals surface area contributed by atoms with Crippen LogP contribution in [0.5, 0.6) is 0 Å². The zero-order valence-corrected chi connectivity index (χ0v) is 22.6. The van der Waals surface area contributed by atoms with Crippen LogP contribution in [0.15, 0.2) is 126 Å². The van der Waals surface area contributed by atoms with Crippen LogP contribution in [0.2, 0.25) is 0 Å². The summed E-state index contributed by atoms with van der Waals surface area (Å²) in [5.41, 5.74) is 7.03. The molecule has 180 valence electrons. The summed E-state index contributed by atoms with van der Waals surface area (Å²) >= 11 is 5.54. The van der Waals surface area contributed by atoms with Gasteiger partial charge >= 0.3 is 0 Å². The molecule has 3 aromatic heterocycles. The molecule has 0 radical (unpaired) electrons. The average molecular weight is 571 g/mol. The molecule has 5 heteroatoms. The first-order valence-corrected chi connectivity index (χ1v) is 13.9. The highest BCUT2D eigenvalue weighted by atomic mass is 79.9. The van der Waals surface area contributed by atoms with Gasteiger partial charge in [0.15, 0.2) is 5.82 Å². The molecule has 7 aromatic rings. The molecule has 0 aliphatic heterocycles. The Labute approximate surface area is 232 Å². The van der Waals surface area contributed by atoms with E-state index < -0.39 is 0 Å². The summed E-state index contributed by atoms with van der Waals surface area (Å²) in [6.45, 7) is 0. The molecule has 3 nitrogen and oxygen atoms in total. The number of halogens is 1. The Morgan fingerprint density at radius 3 is 2.21 bits per heavy atom. The first kappa shape index (κ1) is 23.0. The Bertz CT molecular complexity index is 1930. The molecule has 0 N–H and O–H groups in total. The van der Waals surface area contributed by atoms with Gasteiger partial charge in [0.2, 0.25) is 0 Å². The number of fused-ring (bicyclic) bond motifs is 3. The van der Waals surface area contributed by atoms with E-state index in [1.165, 1.54) is 20.2 Å². The lowest BCUT2D eigenvalue weighted by molar-refractivity contribution is 1.18. The number of thiophene rings is 1. The fraction of sp³-hybridized carbons (Fsp3) is 0. The smallest absolute Gasteiger partial charge is 0.160 e. The van der Waals surface area contributed by atoms with Crippen molar-refractivity contribution in [1.29, 1.82) is 0 Å². The van der Waals surface area contributed by atoms with E-state index in [0.29, 0.717) is 5.82 Å². The molecule has 38 heavy (non-hydrogen) atoms. The monoisotopic (exact) mass is 569 g/mol. The minimum atomic E-state index is 0.706. The molecule has 0 atom stereocenters. The molecule has 0 bridgehead atoms. The lowest BCUT2D eigenvalue weighted by Gasteiger charge is -2.12. The Kier molecular flexibility index (Phi) is 5.80. The maximum Gasteiger partial charge on any atom is 0.160 e. The minimum absolute atomic E-state index is 0.706. The van der Waals surface area contributed by atoms with Gasteiger partial charge < -0.3 is 0 Å². The maximum absolute atomic E-state index is 5.11. The van der Waals surface area contributed by atoms with Crippen LogP contribution in [0.3, 0.4) is 0 Å². The molecule has 0 spiro atoms. The Balaban J connectivity index is 1.49. The van der Waals surface area contributed by atoms with Crippen LogP contribution in [0.4, 0.5) is 0 Å². The van der Waals surface area contributed by atoms with Crippen molar-refractivity contribution >= 4 is 47.4 Å². The quantitative estimate of drug-likeness (QED) is 0.212. The number of hydrogen-bond donors (Lipinski definition) is 0. The van der Waals surface area contributed by atoms with E-state index >= 15 is 0 Å². The normalized spacial score (nSPS) is 11.3. The predicted molar refractivity (Wildman–Crippen MR) is 162 cm³/mol. The molecule has 0 aliphatic rings. The highest BCUT2D eigenvalue weighted by Crippen LogP contribution is 2.40. The van der Waals surface area contributed by atoms with Crippen molar-refractivity contribution in [2.24, 2.45) is 0 Å². The third kappa shape index (κ3) is 4.20. The Morgan fingerprint density at radius 1 is 0.579 bits per heavy atom. The van der Waals surface area contributed by atoms with Gasteiger partial charge in [0.05, 0.1) is 11.4 Å². The van der Waals surface area contributed by atoms with E-state index in [1.807, 2.05) is 41.8 Å². The molecular weight excluding hydrogens is 550 g/mol. The minimum Gasteiger partial charge on any atom is -0.264 e. The highest BCUT2D eigenvalue weighted by molar-refractivity contribution is 9.10. The fourth-order valence-electron chi connectivity index (χ4n) is 4.88. The van der Waals surface area contributed by atoms with Gasteiger partial charge in [-0.3, -0.25) is 4.98 Å². The number of pyridine rings is 1. The molecule has 7 rings (SSSR count). The van der Waals surface area contributed by atoms with Crippen molar-refractivity contribution < 1.29 is 0 Å². The molecule has 4 aromatic carbocycles. The molecular formula is C33H20BrN3S.